The monoisotopic (exact) mass is 388 g/mol. The summed E-state index contributed by atoms with van der Waals surface area (Å²) in [4.78, 5) is 51.2. The fourth-order valence-corrected chi connectivity index (χ4v) is 5.17. The van der Waals surface area contributed by atoms with Crippen molar-refractivity contribution < 1.29 is 18.0 Å². The number of thioether (sulfide) groups is 1. The van der Waals surface area contributed by atoms with E-state index in [0.29, 0.717) is 12.8 Å². The average molecular weight is 388 g/mol. The van der Waals surface area contributed by atoms with E-state index in [1.807, 2.05) is 4.98 Å². The van der Waals surface area contributed by atoms with E-state index in [-0.39, 0.29) is 16.9 Å². The van der Waals surface area contributed by atoms with Crippen LogP contribution in [0.5, 0.6) is 0 Å². The van der Waals surface area contributed by atoms with Crippen LogP contribution in [0.2, 0.25) is 0 Å². The van der Waals surface area contributed by atoms with Gasteiger partial charge in [-0.25, -0.2) is 17.9 Å². The zero-order valence-corrected chi connectivity index (χ0v) is 14.6. The molecule has 1 saturated carbocycles. The number of carbonyl (C=O) groups is 2. The molecule has 1 saturated heterocycles. The van der Waals surface area contributed by atoms with Crippen molar-refractivity contribution >= 4 is 32.9 Å². The quantitative estimate of drug-likeness (QED) is 0.620. The molecule has 12 heteroatoms. The van der Waals surface area contributed by atoms with E-state index >= 15 is 0 Å². The Bertz CT molecular complexity index is 905. The second kappa shape index (κ2) is 6.77. The summed E-state index contributed by atoms with van der Waals surface area (Å²) in [5, 5.41) is -0.386. The molecule has 136 valence electrons. The Morgan fingerprint density at radius 3 is 2.52 bits per heavy atom. The van der Waals surface area contributed by atoms with Crippen LogP contribution in [0.15, 0.2) is 20.7 Å². The minimum absolute atomic E-state index is 0.0500. The first-order valence-electron chi connectivity index (χ1n) is 7.63. The second-order valence-electron chi connectivity index (χ2n) is 5.83. The Morgan fingerprint density at radius 1 is 1.16 bits per heavy atom. The molecule has 1 aliphatic carbocycles. The standard InChI is InChI=1S/C13H16N4O6S2/c18-10-6-24-13(21)17(10)8-4-2-1-3-7(8)16-25(22,23)9-5-14-12(20)15-11(9)19/h5,7-8,16H,1-4,6H2,(H2,14,15,19,20). The summed E-state index contributed by atoms with van der Waals surface area (Å²) in [6.07, 6.45) is 3.25. The van der Waals surface area contributed by atoms with E-state index in [1.54, 1.807) is 0 Å². The number of aromatic amines is 2. The summed E-state index contributed by atoms with van der Waals surface area (Å²) in [7, 11) is -4.22. The minimum Gasteiger partial charge on any atom is -0.313 e. The molecule has 1 aromatic heterocycles. The number of hydrogen-bond acceptors (Lipinski definition) is 7. The summed E-state index contributed by atoms with van der Waals surface area (Å²) in [6.45, 7) is 0. The van der Waals surface area contributed by atoms with Crippen LogP contribution in [0, 0.1) is 0 Å². The normalized spacial score (nSPS) is 24.7. The van der Waals surface area contributed by atoms with E-state index in [2.05, 4.69) is 9.71 Å². The fraction of sp³-hybridized carbons (Fsp3) is 0.538. The van der Waals surface area contributed by atoms with Crippen molar-refractivity contribution in [3.8, 4) is 0 Å². The van der Waals surface area contributed by atoms with E-state index in [1.165, 1.54) is 0 Å². The number of sulfonamides is 1. The maximum absolute atomic E-state index is 12.5. The van der Waals surface area contributed by atoms with Crippen molar-refractivity contribution in [2.75, 3.05) is 5.75 Å². The van der Waals surface area contributed by atoms with Crippen LogP contribution in [-0.2, 0) is 14.8 Å². The molecule has 1 aromatic rings. The molecule has 2 amide bonds. The summed E-state index contributed by atoms with van der Waals surface area (Å²) >= 11 is 0.893. The lowest BCUT2D eigenvalue weighted by Gasteiger charge is -2.36. The molecule has 0 radical (unpaired) electrons. The van der Waals surface area contributed by atoms with Crippen molar-refractivity contribution in [3.05, 3.63) is 27.0 Å². The van der Waals surface area contributed by atoms with Crippen LogP contribution in [0.3, 0.4) is 0 Å². The van der Waals surface area contributed by atoms with Crippen molar-refractivity contribution in [1.29, 1.82) is 0 Å². The molecule has 3 N–H and O–H groups in total. The second-order valence-corrected chi connectivity index (χ2v) is 8.44. The van der Waals surface area contributed by atoms with Gasteiger partial charge in [-0.1, -0.05) is 24.6 Å². The Balaban J connectivity index is 1.88. The van der Waals surface area contributed by atoms with Gasteiger partial charge in [0.1, 0.15) is 0 Å². The molecule has 10 nitrogen and oxygen atoms in total. The fourth-order valence-electron chi connectivity index (χ4n) is 3.10. The van der Waals surface area contributed by atoms with Gasteiger partial charge in [0.2, 0.25) is 15.9 Å². The average Bonchev–Trinajstić information content (AvgIpc) is 2.86. The lowest BCUT2D eigenvalue weighted by Crippen LogP contribution is -2.55. The van der Waals surface area contributed by atoms with Gasteiger partial charge in [0.15, 0.2) is 4.90 Å². The van der Waals surface area contributed by atoms with Crippen LogP contribution in [0.25, 0.3) is 0 Å². The van der Waals surface area contributed by atoms with Gasteiger partial charge in [-0.3, -0.25) is 24.3 Å². The Morgan fingerprint density at radius 2 is 1.88 bits per heavy atom. The number of carbonyl (C=O) groups excluding carboxylic acids is 2. The number of imide groups is 1. The van der Waals surface area contributed by atoms with E-state index in [0.717, 1.165) is 35.7 Å². The first kappa shape index (κ1) is 17.9. The highest BCUT2D eigenvalue weighted by molar-refractivity contribution is 8.14. The minimum atomic E-state index is -4.22. The van der Waals surface area contributed by atoms with Gasteiger partial charge in [0.25, 0.3) is 10.8 Å². The van der Waals surface area contributed by atoms with Gasteiger partial charge in [0, 0.05) is 12.2 Å². The molecule has 0 aromatic carbocycles. The molecule has 2 unspecified atom stereocenters. The lowest BCUT2D eigenvalue weighted by molar-refractivity contribution is -0.127. The smallest absolute Gasteiger partial charge is 0.313 e. The van der Waals surface area contributed by atoms with Crippen molar-refractivity contribution in [2.45, 2.75) is 42.7 Å². The van der Waals surface area contributed by atoms with Gasteiger partial charge < -0.3 is 4.98 Å². The van der Waals surface area contributed by atoms with Crippen LogP contribution >= 0.6 is 11.8 Å². The van der Waals surface area contributed by atoms with Gasteiger partial charge in [-0.2, -0.15) is 0 Å². The van der Waals surface area contributed by atoms with Crippen LogP contribution in [-0.4, -0.2) is 52.3 Å². The SMILES string of the molecule is O=C1CSC(=O)N1C1CCCCC1NS(=O)(=O)c1c[nH]c(=O)[nH]c1=O. The molecule has 2 fully saturated rings. The molecular weight excluding hydrogens is 372 g/mol. The molecule has 3 rings (SSSR count). The third-order valence-electron chi connectivity index (χ3n) is 4.23. The largest absolute Gasteiger partial charge is 0.325 e. The molecule has 0 spiro atoms. The summed E-state index contributed by atoms with van der Waals surface area (Å²) in [6, 6.07) is -1.27. The van der Waals surface area contributed by atoms with E-state index < -0.39 is 38.3 Å². The maximum atomic E-state index is 12.5. The zero-order valence-electron chi connectivity index (χ0n) is 13.0. The number of H-pyrrole nitrogens is 2. The van der Waals surface area contributed by atoms with Gasteiger partial charge in [0.05, 0.1) is 11.8 Å². The van der Waals surface area contributed by atoms with Crippen LogP contribution in [0.1, 0.15) is 25.7 Å². The molecule has 2 aliphatic rings. The number of hydrogen-bond donors (Lipinski definition) is 3. The topological polar surface area (TPSA) is 149 Å². The third-order valence-corrected chi connectivity index (χ3v) is 6.56. The van der Waals surface area contributed by atoms with Gasteiger partial charge in [-0.15, -0.1) is 0 Å². The summed E-state index contributed by atoms with van der Waals surface area (Å²) < 4.78 is 27.4. The Hall–Kier alpha value is -1.92. The number of amides is 2. The highest BCUT2D eigenvalue weighted by Gasteiger charge is 2.42. The molecule has 0 bridgehead atoms. The van der Waals surface area contributed by atoms with E-state index in [4.69, 9.17) is 0 Å². The van der Waals surface area contributed by atoms with E-state index in [9.17, 15) is 27.6 Å². The number of aromatic nitrogens is 2. The first-order chi connectivity index (χ1) is 11.8. The molecule has 25 heavy (non-hydrogen) atoms. The summed E-state index contributed by atoms with van der Waals surface area (Å²) in [5.74, 6) is -0.290. The number of rotatable bonds is 4. The maximum Gasteiger partial charge on any atom is 0.325 e. The summed E-state index contributed by atoms with van der Waals surface area (Å²) in [5.41, 5.74) is -1.85. The predicted molar refractivity (Wildman–Crippen MR) is 88.7 cm³/mol. The van der Waals surface area contributed by atoms with Crippen molar-refractivity contribution in [1.82, 2.24) is 19.6 Å². The third kappa shape index (κ3) is 3.55. The lowest BCUT2D eigenvalue weighted by atomic mass is 9.90. The van der Waals surface area contributed by atoms with Crippen LogP contribution < -0.4 is 16.0 Å². The van der Waals surface area contributed by atoms with Crippen LogP contribution in [0.4, 0.5) is 4.79 Å². The highest BCUT2D eigenvalue weighted by atomic mass is 32.2. The zero-order chi connectivity index (χ0) is 18.2. The molecule has 1 aliphatic heterocycles. The molecular formula is C13H16N4O6S2. The first-order valence-corrected chi connectivity index (χ1v) is 10.1. The van der Waals surface area contributed by atoms with Crippen molar-refractivity contribution in [3.63, 3.8) is 0 Å². The number of nitrogens with one attached hydrogen (secondary N) is 3. The molecule has 2 atom stereocenters. The molecule has 2 heterocycles. The Labute approximate surface area is 146 Å². The highest BCUT2D eigenvalue weighted by Crippen LogP contribution is 2.30. The van der Waals surface area contributed by atoms with Crippen molar-refractivity contribution in [2.24, 2.45) is 0 Å². The van der Waals surface area contributed by atoms with Gasteiger partial charge in [-0.05, 0) is 12.8 Å². The Kier molecular flexibility index (Phi) is 4.84. The predicted octanol–water partition coefficient (Wildman–Crippen LogP) is -0.652. The number of nitrogens with zero attached hydrogens (tertiary/aromatic N) is 1. The van der Waals surface area contributed by atoms with Gasteiger partial charge >= 0.3 is 5.69 Å².